The van der Waals surface area contributed by atoms with E-state index in [2.05, 4.69) is 42.5 Å². The summed E-state index contributed by atoms with van der Waals surface area (Å²) >= 11 is 0. The molecule has 0 radical (unpaired) electrons. The zero-order valence-corrected chi connectivity index (χ0v) is 38.8. The number of carbonyl (C=O) groups is 8. The third kappa shape index (κ3) is 37.3. The van der Waals surface area contributed by atoms with Crippen LogP contribution in [0.25, 0.3) is 0 Å². The van der Waals surface area contributed by atoms with Crippen molar-refractivity contribution in [2.75, 3.05) is 105 Å². The van der Waals surface area contributed by atoms with Crippen LogP contribution in [0.3, 0.4) is 0 Å². The van der Waals surface area contributed by atoms with Crippen LogP contribution < -0.4 is 83.4 Å². The molecular weight excluding hydrogens is 992 g/mol. The molecule has 0 unspecified atom stereocenters. The van der Waals surface area contributed by atoms with Gasteiger partial charge in [0.05, 0.1) is 47.8 Å². The Balaban J connectivity index is -0.0000000618. The molecule has 2 aromatic carbocycles. The van der Waals surface area contributed by atoms with E-state index in [-0.39, 0.29) is 65.7 Å². The molecule has 6 rings (SSSR count). The number of benzene rings is 2. The van der Waals surface area contributed by atoms with Crippen LogP contribution in [0.15, 0.2) is 24.3 Å². The van der Waals surface area contributed by atoms with E-state index in [1.165, 1.54) is 105 Å². The minimum absolute atomic E-state index is 0. The van der Waals surface area contributed by atoms with Gasteiger partial charge in [-0.3, -0.25) is 0 Å². The first-order valence-corrected chi connectivity index (χ1v) is 19.1. The number of carbonyl (C=O) groups excluding carboxylic acids is 8. The SMILES string of the molecule is C1C[NH2+]CC[NH2+]1.C1C[NH2+]CC[NH2+]1.C1C[NH2+]CC[NH2+]1.C1C[NH2+]CC[NH2+]1.O.O.O.O.O.O.O.O.O.O.O.O.O=C([O-])c1cc(C(=O)[O-])c(C(=O)[O-])cc1C(=O)[O-].O=C([O-])c1cc(C(=O)[O-])c(C(=O)[O-])cc1C(=O)[O-]. The van der Waals surface area contributed by atoms with Gasteiger partial charge >= 0.3 is 0 Å². The summed E-state index contributed by atoms with van der Waals surface area (Å²) in [6.45, 7) is 21.1. The molecule has 4 heterocycles. The maximum absolute atomic E-state index is 10.6. The van der Waals surface area contributed by atoms with Gasteiger partial charge in [0.1, 0.15) is 105 Å². The van der Waals surface area contributed by atoms with Crippen molar-refractivity contribution in [3.63, 3.8) is 0 Å². The number of quaternary nitrogens is 8. The highest BCUT2D eigenvalue weighted by molar-refractivity contribution is 6.08. The molecule has 0 saturated carbocycles. The van der Waals surface area contributed by atoms with Crippen molar-refractivity contribution in [2.45, 2.75) is 0 Å². The van der Waals surface area contributed by atoms with E-state index in [1.807, 2.05) is 0 Å². The molecule has 0 amide bonds. The van der Waals surface area contributed by atoms with Gasteiger partial charge in [0.2, 0.25) is 0 Å². The molecule has 4 fully saturated rings. The second kappa shape index (κ2) is 53.7. The smallest absolute Gasteiger partial charge is 0.125 e. The summed E-state index contributed by atoms with van der Waals surface area (Å²) in [5.74, 6) is -16.0. The Hall–Kier alpha value is -6.60. The topological polar surface area (TPSA) is 832 Å². The second-order valence-corrected chi connectivity index (χ2v) is 13.1. The van der Waals surface area contributed by atoms with Gasteiger partial charge in [-0.05, 0) is 24.3 Å². The van der Waals surface area contributed by atoms with Gasteiger partial charge in [-0.2, -0.15) is 0 Å². The van der Waals surface area contributed by atoms with Crippen molar-refractivity contribution in [2.24, 2.45) is 0 Å². The molecule has 36 heteroatoms. The molecule has 36 nitrogen and oxygen atoms in total. The van der Waals surface area contributed by atoms with Crippen molar-refractivity contribution in [1.29, 1.82) is 0 Å². The van der Waals surface area contributed by atoms with Gasteiger partial charge < -0.3 is 187 Å². The molecule has 4 aliphatic rings. The lowest BCUT2D eigenvalue weighted by Gasteiger charge is -2.18. The monoisotopic (exact) mass is 1070 g/mol. The van der Waals surface area contributed by atoms with E-state index < -0.39 is 92.3 Å². The average Bonchev–Trinajstić information content (AvgIpc) is 3.26. The Morgan fingerprint density at radius 3 is 0.319 bits per heavy atom. The highest BCUT2D eigenvalue weighted by Crippen LogP contribution is 2.17. The molecule has 4 saturated heterocycles. The van der Waals surface area contributed by atoms with Crippen molar-refractivity contribution in [1.82, 2.24) is 0 Å². The van der Waals surface area contributed by atoms with E-state index >= 15 is 0 Å². The summed E-state index contributed by atoms with van der Waals surface area (Å²) in [5, 5.41) is 104. The molecule has 4 aliphatic heterocycles. The molecule has 40 N–H and O–H groups in total. The van der Waals surface area contributed by atoms with Gasteiger partial charge in [0.25, 0.3) is 0 Å². The van der Waals surface area contributed by atoms with Crippen molar-refractivity contribution < 1.29 is 187 Å². The number of rotatable bonds is 8. The zero-order chi connectivity index (χ0) is 45.0. The third-order valence-electron chi connectivity index (χ3n) is 8.67. The maximum Gasteiger partial charge on any atom is 0.125 e. The number of hydrogen-bond donors (Lipinski definition) is 8. The Bertz CT molecular complexity index is 1400. The molecule has 0 atom stereocenters. The summed E-state index contributed by atoms with van der Waals surface area (Å²) in [5.41, 5.74) is -8.23. The van der Waals surface area contributed by atoms with Crippen LogP contribution in [0.5, 0.6) is 0 Å². The average molecular weight is 1070 g/mol. The minimum atomic E-state index is -2.00. The molecule has 0 aromatic heterocycles. The lowest BCUT2D eigenvalue weighted by atomic mass is 9.98. The van der Waals surface area contributed by atoms with E-state index in [0.29, 0.717) is 24.3 Å². The standard InChI is InChI=1S/2C10H6O8.4C4H10N2.12H2O/c2*11-7(12)3-1-4(8(13)14)6(10(17)18)2-5(3)9(15)16;4*1-2-6-4-3-5-1;;;;;;;;;;;;/h2*1-2H,(H,11,12)(H,13,14)(H,15,16)(H,17,18);4*5-6H,1-4H2;12*1H2. The normalized spacial score (nSPS) is 12.9. The van der Waals surface area contributed by atoms with Gasteiger partial charge in [-0.15, -0.1) is 0 Å². The van der Waals surface area contributed by atoms with Crippen LogP contribution in [0.1, 0.15) is 82.9 Å². The first kappa shape index (κ1) is 95.1. The first-order valence-electron chi connectivity index (χ1n) is 19.1. The second-order valence-electron chi connectivity index (χ2n) is 13.1. The largest absolute Gasteiger partial charge is 0.545 e. The predicted molar refractivity (Wildman–Crippen MR) is 224 cm³/mol. The molecule has 0 bridgehead atoms. The number of piperazine rings is 4. The summed E-state index contributed by atoms with van der Waals surface area (Å²) in [4.78, 5) is 84.8. The molecule has 0 aliphatic carbocycles. The third-order valence-corrected chi connectivity index (χ3v) is 8.67. The predicted octanol–water partition coefficient (Wildman–Crippen LogP) is -31.1. The lowest BCUT2D eigenvalue weighted by Crippen LogP contribution is -3.04. The summed E-state index contributed by atoms with van der Waals surface area (Å²) in [7, 11) is 0. The Kier molecular flexibility index (Phi) is 71.0. The molecule has 72 heavy (non-hydrogen) atoms. The van der Waals surface area contributed by atoms with Crippen molar-refractivity contribution >= 4 is 47.8 Å². The Labute approximate surface area is 408 Å². The van der Waals surface area contributed by atoms with E-state index in [1.54, 1.807) is 0 Å². The van der Waals surface area contributed by atoms with Crippen LogP contribution in [-0.2, 0) is 0 Å². The maximum atomic E-state index is 10.6. The van der Waals surface area contributed by atoms with Gasteiger partial charge in [-0.25, -0.2) is 0 Å². The molecule has 2 aromatic rings. The zero-order valence-electron chi connectivity index (χ0n) is 38.8. The molecule has 428 valence electrons. The molecule has 0 spiro atoms. The Morgan fingerprint density at radius 2 is 0.278 bits per heavy atom. The van der Waals surface area contributed by atoms with Crippen LogP contribution in [-0.4, -0.2) is 218 Å². The molecular formula is C36H76N8O28. The fraction of sp³-hybridized carbons (Fsp3) is 0.444. The fourth-order valence-corrected chi connectivity index (χ4v) is 5.59. The summed E-state index contributed by atoms with van der Waals surface area (Å²) < 4.78 is 0. The number of carboxylic acids is 8. The van der Waals surface area contributed by atoms with Crippen LogP contribution in [0, 0.1) is 0 Å². The minimum Gasteiger partial charge on any atom is -0.545 e. The van der Waals surface area contributed by atoms with E-state index in [4.69, 9.17) is 0 Å². The quantitative estimate of drug-likeness (QED) is 0.122. The first-order chi connectivity index (χ1) is 28.5. The van der Waals surface area contributed by atoms with Crippen molar-refractivity contribution in [3.05, 3.63) is 68.8 Å². The Morgan fingerprint density at radius 1 is 0.208 bits per heavy atom. The number of nitrogens with two attached hydrogens (primary N) is 8. The summed E-state index contributed by atoms with van der Waals surface area (Å²) in [6.07, 6.45) is 0. The van der Waals surface area contributed by atoms with Gasteiger partial charge in [-0.1, -0.05) is 0 Å². The van der Waals surface area contributed by atoms with Crippen molar-refractivity contribution in [3.8, 4) is 0 Å². The lowest BCUT2D eigenvalue weighted by molar-refractivity contribution is -0.787. The van der Waals surface area contributed by atoms with Crippen LogP contribution in [0.2, 0.25) is 0 Å². The van der Waals surface area contributed by atoms with E-state index in [9.17, 15) is 79.2 Å². The van der Waals surface area contributed by atoms with E-state index in [0.717, 1.165) is 0 Å². The highest BCUT2D eigenvalue weighted by atomic mass is 16.4. The number of carboxylic acid groups (broad SMARTS) is 8. The fourth-order valence-electron chi connectivity index (χ4n) is 5.59. The highest BCUT2D eigenvalue weighted by Gasteiger charge is 2.14. The summed E-state index contributed by atoms with van der Waals surface area (Å²) in [6, 6.07) is 1.23. The number of aromatic carboxylic acids is 8. The van der Waals surface area contributed by atoms with Gasteiger partial charge in [0, 0.05) is 44.5 Å². The number of hydrogen-bond acceptors (Lipinski definition) is 16. The van der Waals surface area contributed by atoms with Crippen LogP contribution in [0.4, 0.5) is 0 Å². The van der Waals surface area contributed by atoms with Gasteiger partial charge in [0.15, 0.2) is 0 Å². The van der Waals surface area contributed by atoms with Crippen LogP contribution >= 0.6 is 0 Å².